The van der Waals surface area contributed by atoms with Crippen molar-refractivity contribution in [1.29, 1.82) is 0 Å². The lowest BCUT2D eigenvalue weighted by Crippen LogP contribution is -2.68. The standard InChI is InChI=1S/C30H55NO13.C2H6/c1-13-39-26(37)22-20(16(33)17(34)23(42-22)29(7,8)38-12)44-28(5,6)14-40-30(9,10)24-18(35)15(32)19(43-27(2,3)4)21(41-24)25(36)31-11;1-2/h15-24,32-35H,13-14H2,1-12H3,(H,31,36);1-2H3/t15?,16?,17?,18?,19-,20-,21?,22?,23?,24?;/m0./s1. The summed E-state index contributed by atoms with van der Waals surface area (Å²) in [6.45, 7) is 20.6. The summed E-state index contributed by atoms with van der Waals surface area (Å²) in [7, 11) is 2.85. The number of amides is 1. The molecule has 272 valence electrons. The fourth-order valence-corrected chi connectivity index (χ4v) is 5.29. The van der Waals surface area contributed by atoms with E-state index in [0.717, 1.165) is 0 Å². The van der Waals surface area contributed by atoms with Crippen LogP contribution in [0.15, 0.2) is 0 Å². The van der Waals surface area contributed by atoms with Gasteiger partial charge in [-0.1, -0.05) is 13.8 Å². The van der Waals surface area contributed by atoms with Crippen LogP contribution in [0, 0.1) is 0 Å². The maximum absolute atomic E-state index is 12.9. The zero-order valence-electron chi connectivity index (χ0n) is 30.2. The lowest BCUT2D eigenvalue weighted by Gasteiger charge is -2.49. The van der Waals surface area contributed by atoms with E-state index in [4.69, 9.17) is 33.2 Å². The molecule has 2 heterocycles. The molecule has 8 unspecified atom stereocenters. The summed E-state index contributed by atoms with van der Waals surface area (Å²) >= 11 is 0. The molecule has 2 rings (SSSR count). The van der Waals surface area contributed by atoms with Gasteiger partial charge in [0.2, 0.25) is 0 Å². The van der Waals surface area contributed by atoms with E-state index in [0.29, 0.717) is 0 Å². The summed E-state index contributed by atoms with van der Waals surface area (Å²) in [6, 6.07) is 0. The van der Waals surface area contributed by atoms with Crippen LogP contribution < -0.4 is 5.32 Å². The Morgan fingerprint density at radius 3 is 1.63 bits per heavy atom. The number of aliphatic hydroxyl groups excluding tert-OH is 4. The normalized spacial score (nSPS) is 32.7. The average Bonchev–Trinajstić information content (AvgIpc) is 2.97. The van der Waals surface area contributed by atoms with Gasteiger partial charge in [0.15, 0.2) is 12.2 Å². The molecular formula is C32H61NO13. The van der Waals surface area contributed by atoms with Crippen LogP contribution in [0.5, 0.6) is 0 Å². The van der Waals surface area contributed by atoms with Crippen LogP contribution in [-0.4, -0.2) is 143 Å². The smallest absolute Gasteiger partial charge is 0.338 e. The Hall–Kier alpha value is -1.46. The first-order chi connectivity index (χ1) is 21.0. The van der Waals surface area contributed by atoms with E-state index in [1.54, 1.807) is 69.2 Å². The Morgan fingerprint density at radius 1 is 0.739 bits per heavy atom. The molecule has 2 aliphatic rings. The van der Waals surface area contributed by atoms with Gasteiger partial charge in [0.1, 0.15) is 48.8 Å². The highest BCUT2D eigenvalue weighted by atomic mass is 16.6. The first-order valence-electron chi connectivity index (χ1n) is 16.0. The highest BCUT2D eigenvalue weighted by molar-refractivity contribution is 5.81. The SMILES string of the molecule is CC.CCOC(=O)C1OC(C(C)(C)OC)C(O)C(O)[C@@H]1OC(C)(C)COC(C)(C)C1OC(C(=O)NC)[C@@H](OC(C)(C)C)C(O)C1O. The van der Waals surface area contributed by atoms with Gasteiger partial charge in [-0.15, -0.1) is 0 Å². The Labute approximate surface area is 274 Å². The molecule has 0 saturated carbocycles. The number of aliphatic hydroxyl groups is 4. The number of esters is 1. The van der Waals surface area contributed by atoms with Crippen molar-refractivity contribution < 1.29 is 63.2 Å². The van der Waals surface area contributed by atoms with Gasteiger partial charge >= 0.3 is 5.97 Å². The van der Waals surface area contributed by atoms with Crippen molar-refractivity contribution >= 4 is 11.9 Å². The van der Waals surface area contributed by atoms with Gasteiger partial charge in [-0.05, 0) is 69.2 Å². The Kier molecular flexibility index (Phi) is 15.5. The lowest BCUT2D eigenvalue weighted by molar-refractivity contribution is -0.300. The summed E-state index contributed by atoms with van der Waals surface area (Å²) in [6.07, 6.45) is -13.4. The molecule has 0 aromatic carbocycles. The van der Waals surface area contributed by atoms with Crippen LogP contribution in [0.1, 0.15) is 83.1 Å². The lowest BCUT2D eigenvalue weighted by atomic mass is 9.85. The molecule has 2 saturated heterocycles. The third kappa shape index (κ3) is 10.5. The molecule has 0 aromatic rings. The third-order valence-electron chi connectivity index (χ3n) is 7.83. The molecule has 2 aliphatic heterocycles. The molecule has 0 radical (unpaired) electrons. The second-order valence-electron chi connectivity index (χ2n) is 14.0. The van der Waals surface area contributed by atoms with Crippen molar-refractivity contribution in [3.63, 3.8) is 0 Å². The van der Waals surface area contributed by atoms with Crippen LogP contribution in [0.4, 0.5) is 0 Å². The maximum Gasteiger partial charge on any atom is 0.338 e. The number of nitrogens with one attached hydrogen (secondary N) is 1. The number of hydrogen-bond donors (Lipinski definition) is 5. The van der Waals surface area contributed by atoms with Gasteiger partial charge in [-0.2, -0.15) is 0 Å². The monoisotopic (exact) mass is 667 g/mol. The Bertz CT molecular complexity index is 966. The highest BCUT2D eigenvalue weighted by Gasteiger charge is 2.56. The summed E-state index contributed by atoms with van der Waals surface area (Å²) in [5.41, 5.74) is -4.32. The number of carbonyl (C=O) groups excluding carboxylic acids is 2. The average molecular weight is 668 g/mol. The van der Waals surface area contributed by atoms with Gasteiger partial charge in [0.05, 0.1) is 35.6 Å². The van der Waals surface area contributed by atoms with Gasteiger partial charge in [-0.3, -0.25) is 4.79 Å². The van der Waals surface area contributed by atoms with E-state index in [1.807, 2.05) is 13.8 Å². The Morgan fingerprint density at radius 2 is 1.20 bits per heavy atom. The van der Waals surface area contributed by atoms with E-state index in [-0.39, 0.29) is 13.2 Å². The van der Waals surface area contributed by atoms with Crippen LogP contribution in [-0.2, 0) is 42.7 Å². The van der Waals surface area contributed by atoms with Crippen molar-refractivity contribution in [3.05, 3.63) is 0 Å². The second-order valence-corrected chi connectivity index (χ2v) is 14.0. The minimum Gasteiger partial charge on any atom is -0.464 e. The quantitative estimate of drug-likeness (QED) is 0.184. The van der Waals surface area contributed by atoms with E-state index >= 15 is 0 Å². The number of rotatable bonds is 12. The van der Waals surface area contributed by atoms with Crippen molar-refractivity contribution in [1.82, 2.24) is 5.32 Å². The number of carbonyl (C=O) groups is 2. The first kappa shape index (κ1) is 42.6. The zero-order chi connectivity index (χ0) is 36.0. The fraction of sp³-hybridized carbons (Fsp3) is 0.938. The van der Waals surface area contributed by atoms with Crippen molar-refractivity contribution in [2.75, 3.05) is 27.4 Å². The van der Waals surface area contributed by atoms with E-state index < -0.39 is 95.3 Å². The van der Waals surface area contributed by atoms with Gasteiger partial charge in [0, 0.05) is 14.2 Å². The number of likely N-dealkylation sites (N-methyl/N-ethyl adjacent to an activating group) is 1. The van der Waals surface area contributed by atoms with Crippen LogP contribution in [0.3, 0.4) is 0 Å². The molecule has 2 fully saturated rings. The minimum atomic E-state index is -1.56. The predicted octanol–water partition coefficient (Wildman–Crippen LogP) is 0.868. The van der Waals surface area contributed by atoms with E-state index in [9.17, 15) is 30.0 Å². The van der Waals surface area contributed by atoms with E-state index in [2.05, 4.69) is 5.32 Å². The minimum absolute atomic E-state index is 0.0529. The molecule has 0 aromatic heterocycles. The molecular weight excluding hydrogens is 606 g/mol. The van der Waals surface area contributed by atoms with Gasteiger partial charge in [-0.25, -0.2) is 4.79 Å². The molecule has 0 spiro atoms. The van der Waals surface area contributed by atoms with Crippen molar-refractivity contribution in [2.45, 2.75) is 167 Å². The van der Waals surface area contributed by atoms with Crippen LogP contribution in [0.2, 0.25) is 0 Å². The molecule has 5 N–H and O–H groups in total. The third-order valence-corrected chi connectivity index (χ3v) is 7.83. The number of hydrogen-bond acceptors (Lipinski definition) is 13. The van der Waals surface area contributed by atoms with Gasteiger partial charge < -0.3 is 58.9 Å². The fourth-order valence-electron chi connectivity index (χ4n) is 5.29. The van der Waals surface area contributed by atoms with Crippen LogP contribution in [0.25, 0.3) is 0 Å². The highest BCUT2D eigenvalue weighted by Crippen LogP contribution is 2.36. The first-order valence-corrected chi connectivity index (χ1v) is 16.0. The summed E-state index contributed by atoms with van der Waals surface area (Å²) in [5, 5.41) is 46.7. The molecule has 14 heteroatoms. The zero-order valence-corrected chi connectivity index (χ0v) is 30.2. The summed E-state index contributed by atoms with van der Waals surface area (Å²) in [5.74, 6) is -1.32. The molecule has 0 aliphatic carbocycles. The largest absolute Gasteiger partial charge is 0.464 e. The van der Waals surface area contributed by atoms with Crippen molar-refractivity contribution in [3.8, 4) is 0 Å². The number of methoxy groups -OCH3 is 1. The van der Waals surface area contributed by atoms with Crippen LogP contribution >= 0.6 is 0 Å². The molecule has 14 nitrogen and oxygen atoms in total. The molecule has 1 amide bonds. The predicted molar refractivity (Wildman–Crippen MR) is 168 cm³/mol. The van der Waals surface area contributed by atoms with Crippen molar-refractivity contribution in [2.24, 2.45) is 0 Å². The summed E-state index contributed by atoms with van der Waals surface area (Å²) < 4.78 is 40.9. The topological polar surface area (TPSA) is 192 Å². The van der Waals surface area contributed by atoms with Gasteiger partial charge in [0.25, 0.3) is 5.91 Å². The molecule has 10 atom stereocenters. The Balaban J connectivity index is 0.00000518. The molecule has 0 bridgehead atoms. The number of ether oxygens (including phenoxy) is 7. The molecule has 46 heavy (non-hydrogen) atoms. The second kappa shape index (κ2) is 16.8. The summed E-state index contributed by atoms with van der Waals surface area (Å²) in [4.78, 5) is 25.7. The van der Waals surface area contributed by atoms with E-state index in [1.165, 1.54) is 14.2 Å². The maximum atomic E-state index is 12.9.